The van der Waals surface area contributed by atoms with E-state index in [1.54, 1.807) is 25.3 Å². The summed E-state index contributed by atoms with van der Waals surface area (Å²) in [6.45, 7) is 2.43. The molecule has 0 radical (unpaired) electrons. The summed E-state index contributed by atoms with van der Waals surface area (Å²) in [5.41, 5.74) is 3.89. The Morgan fingerprint density at radius 3 is 2.77 bits per heavy atom. The van der Waals surface area contributed by atoms with Crippen LogP contribution in [0.1, 0.15) is 23.0 Å². The highest BCUT2D eigenvalue weighted by Crippen LogP contribution is 2.33. The molecule has 1 amide bonds. The van der Waals surface area contributed by atoms with Gasteiger partial charge >= 0.3 is 5.91 Å². The van der Waals surface area contributed by atoms with Crippen LogP contribution in [0.15, 0.2) is 68.6 Å². The molecule has 0 saturated carbocycles. The van der Waals surface area contributed by atoms with Crippen LogP contribution in [0.5, 0.6) is 11.5 Å². The molecule has 0 spiro atoms. The Morgan fingerprint density at radius 1 is 1.13 bits per heavy atom. The number of furan rings is 1. The van der Waals surface area contributed by atoms with Crippen LogP contribution in [0.25, 0.3) is 21.7 Å². The fraction of sp³-hybridized carbons (Fsp3) is 0.130. The highest BCUT2D eigenvalue weighted by Gasteiger charge is 2.14. The van der Waals surface area contributed by atoms with Gasteiger partial charge in [-0.15, -0.1) is 0 Å². The molecule has 1 heterocycles. The molecule has 0 atom stereocenters. The van der Waals surface area contributed by atoms with Gasteiger partial charge in [-0.25, -0.2) is 5.43 Å². The first-order valence-corrected chi connectivity index (χ1v) is 10.1. The van der Waals surface area contributed by atoms with E-state index in [9.17, 15) is 4.79 Å². The number of hydrazone groups is 1. The highest BCUT2D eigenvalue weighted by atomic mass is 79.9. The highest BCUT2D eigenvalue weighted by molar-refractivity contribution is 9.10. The molecule has 6 nitrogen and oxygen atoms in total. The molecule has 0 aliphatic carbocycles. The average Bonchev–Trinajstić information content (AvgIpc) is 3.20. The predicted molar refractivity (Wildman–Crippen MR) is 121 cm³/mol. The number of methoxy groups -OCH3 is 1. The van der Waals surface area contributed by atoms with E-state index in [2.05, 4.69) is 26.5 Å². The lowest BCUT2D eigenvalue weighted by Crippen LogP contribution is -2.16. The van der Waals surface area contributed by atoms with Gasteiger partial charge in [0.1, 0.15) is 5.58 Å². The lowest BCUT2D eigenvalue weighted by molar-refractivity contribution is 0.0929. The van der Waals surface area contributed by atoms with Gasteiger partial charge in [-0.2, -0.15) is 5.10 Å². The first kappa shape index (κ1) is 20.0. The number of rotatable bonds is 6. The number of amides is 1. The minimum Gasteiger partial charge on any atom is -0.493 e. The van der Waals surface area contributed by atoms with E-state index in [-0.39, 0.29) is 5.76 Å². The van der Waals surface area contributed by atoms with E-state index in [0.29, 0.717) is 23.7 Å². The van der Waals surface area contributed by atoms with Crippen LogP contribution < -0.4 is 14.9 Å². The maximum absolute atomic E-state index is 12.5. The third kappa shape index (κ3) is 3.89. The number of halogens is 1. The largest absolute Gasteiger partial charge is 0.493 e. The van der Waals surface area contributed by atoms with Crippen molar-refractivity contribution in [3.8, 4) is 11.5 Å². The molecule has 4 aromatic rings. The van der Waals surface area contributed by atoms with E-state index in [4.69, 9.17) is 13.9 Å². The zero-order chi connectivity index (χ0) is 21.1. The number of carbonyl (C=O) groups excluding carboxylic acids is 1. The smallest absolute Gasteiger partial charge is 0.307 e. The molecule has 0 aliphatic rings. The van der Waals surface area contributed by atoms with Gasteiger partial charge in [0.2, 0.25) is 0 Å². The van der Waals surface area contributed by atoms with Gasteiger partial charge in [-0.3, -0.25) is 4.79 Å². The van der Waals surface area contributed by atoms with Crippen LogP contribution >= 0.6 is 15.9 Å². The van der Waals surface area contributed by atoms with E-state index >= 15 is 0 Å². The summed E-state index contributed by atoms with van der Waals surface area (Å²) in [4.78, 5) is 12.5. The summed E-state index contributed by atoms with van der Waals surface area (Å²) in [5.74, 6) is 0.974. The Bertz CT molecular complexity index is 1260. The molecule has 0 saturated heterocycles. The molecule has 7 heteroatoms. The molecule has 0 aliphatic heterocycles. The molecule has 3 aromatic carbocycles. The lowest BCUT2D eigenvalue weighted by atomic mass is 10.1. The SMILES string of the molecule is CCOc1cc(Br)c(/C=N/NC(=O)c2cc3c(ccc4ccccc43)o2)cc1OC. The minimum atomic E-state index is -0.430. The number of hydrogen-bond acceptors (Lipinski definition) is 5. The van der Waals surface area contributed by atoms with Gasteiger partial charge in [0.25, 0.3) is 0 Å². The summed E-state index contributed by atoms with van der Waals surface area (Å²) in [5, 5.41) is 7.06. The Morgan fingerprint density at radius 2 is 1.97 bits per heavy atom. The molecular weight excluding hydrogens is 448 g/mol. The summed E-state index contributed by atoms with van der Waals surface area (Å²) in [6.07, 6.45) is 1.53. The van der Waals surface area contributed by atoms with Crippen LogP contribution in [0.3, 0.4) is 0 Å². The number of nitrogens with zero attached hydrogens (tertiary/aromatic N) is 1. The number of ether oxygens (including phenoxy) is 2. The summed E-state index contributed by atoms with van der Waals surface area (Å²) in [7, 11) is 1.57. The van der Waals surface area contributed by atoms with Crippen molar-refractivity contribution in [3.05, 3.63) is 70.4 Å². The molecule has 1 N–H and O–H groups in total. The van der Waals surface area contributed by atoms with E-state index < -0.39 is 5.91 Å². The van der Waals surface area contributed by atoms with E-state index in [0.717, 1.165) is 26.2 Å². The van der Waals surface area contributed by atoms with Crippen LogP contribution in [0.2, 0.25) is 0 Å². The van der Waals surface area contributed by atoms with Crippen LogP contribution in [0.4, 0.5) is 0 Å². The number of benzene rings is 3. The second kappa shape index (κ2) is 8.59. The van der Waals surface area contributed by atoms with Crippen LogP contribution in [-0.2, 0) is 0 Å². The summed E-state index contributed by atoms with van der Waals surface area (Å²) >= 11 is 3.48. The number of hydrogen-bond donors (Lipinski definition) is 1. The van der Waals surface area contributed by atoms with Gasteiger partial charge in [0.15, 0.2) is 17.3 Å². The normalized spacial score (nSPS) is 11.3. The minimum absolute atomic E-state index is 0.196. The third-order valence-electron chi connectivity index (χ3n) is 4.60. The number of fused-ring (bicyclic) bond motifs is 3. The van der Waals surface area contributed by atoms with Crippen molar-refractivity contribution < 1.29 is 18.7 Å². The number of nitrogens with one attached hydrogen (secondary N) is 1. The molecule has 152 valence electrons. The van der Waals surface area contributed by atoms with Crippen molar-refractivity contribution in [2.75, 3.05) is 13.7 Å². The van der Waals surface area contributed by atoms with Crippen molar-refractivity contribution >= 4 is 49.8 Å². The molecule has 0 bridgehead atoms. The number of carbonyl (C=O) groups is 1. The zero-order valence-electron chi connectivity index (χ0n) is 16.4. The van der Waals surface area contributed by atoms with Gasteiger partial charge in [-0.1, -0.05) is 30.3 Å². The quantitative estimate of drug-likeness (QED) is 0.300. The Hall–Kier alpha value is -3.32. The molecule has 0 fully saturated rings. The fourth-order valence-corrected chi connectivity index (χ4v) is 3.62. The van der Waals surface area contributed by atoms with Crippen LogP contribution in [-0.4, -0.2) is 25.8 Å². The van der Waals surface area contributed by atoms with Gasteiger partial charge in [-0.05, 0) is 57.9 Å². The maximum Gasteiger partial charge on any atom is 0.307 e. The molecule has 1 aromatic heterocycles. The molecule has 0 unspecified atom stereocenters. The van der Waals surface area contributed by atoms with Crippen LogP contribution in [0, 0.1) is 0 Å². The van der Waals surface area contributed by atoms with E-state index in [1.165, 1.54) is 6.21 Å². The third-order valence-corrected chi connectivity index (χ3v) is 5.29. The standard InChI is InChI=1S/C23H19BrN2O4/c1-3-29-21-12-18(24)15(10-20(21)28-2)13-25-26-23(27)22-11-17-16-7-5-4-6-14(16)8-9-19(17)30-22/h4-13H,3H2,1-2H3,(H,26,27)/b25-13+. The first-order chi connectivity index (χ1) is 14.6. The van der Waals surface area contributed by atoms with Gasteiger partial charge in [0.05, 0.1) is 19.9 Å². The molecule has 4 rings (SSSR count). The van der Waals surface area contributed by atoms with Gasteiger partial charge in [0, 0.05) is 15.4 Å². The maximum atomic E-state index is 12.5. The van der Waals surface area contributed by atoms with Gasteiger partial charge < -0.3 is 13.9 Å². The van der Waals surface area contributed by atoms with E-state index in [1.807, 2.05) is 43.3 Å². The average molecular weight is 467 g/mol. The Labute approximate surface area is 181 Å². The lowest BCUT2D eigenvalue weighted by Gasteiger charge is -2.11. The fourth-order valence-electron chi connectivity index (χ4n) is 3.20. The first-order valence-electron chi connectivity index (χ1n) is 9.35. The molecule has 30 heavy (non-hydrogen) atoms. The predicted octanol–water partition coefficient (Wildman–Crippen LogP) is 5.52. The second-order valence-corrected chi connectivity index (χ2v) is 7.32. The monoisotopic (exact) mass is 466 g/mol. The van der Waals surface area contributed by atoms with Crippen molar-refractivity contribution in [2.45, 2.75) is 6.92 Å². The van der Waals surface area contributed by atoms with Crippen molar-refractivity contribution in [1.29, 1.82) is 0 Å². The van der Waals surface area contributed by atoms with Crippen molar-refractivity contribution in [3.63, 3.8) is 0 Å². The Kier molecular flexibility index (Phi) is 5.72. The topological polar surface area (TPSA) is 73.1 Å². The van der Waals surface area contributed by atoms with Crippen molar-refractivity contribution in [1.82, 2.24) is 5.43 Å². The summed E-state index contributed by atoms with van der Waals surface area (Å²) < 4.78 is 17.4. The second-order valence-electron chi connectivity index (χ2n) is 6.47. The van der Waals surface area contributed by atoms with Crippen molar-refractivity contribution in [2.24, 2.45) is 5.10 Å². The Balaban J connectivity index is 1.55. The zero-order valence-corrected chi connectivity index (χ0v) is 18.0. The summed E-state index contributed by atoms with van der Waals surface area (Å²) in [6, 6.07) is 17.1. The molecular formula is C23H19BrN2O4.